The average Bonchev–Trinajstić information content (AvgIpc) is 2.55. The lowest BCUT2D eigenvalue weighted by atomic mass is 10.2. The topological polar surface area (TPSA) is 76.1 Å². The highest BCUT2D eigenvalue weighted by atomic mass is 16.5. The van der Waals surface area contributed by atoms with Gasteiger partial charge in [0.25, 0.3) is 0 Å². The Labute approximate surface area is 129 Å². The number of ether oxygens (including phenoxy) is 1. The van der Waals surface area contributed by atoms with Gasteiger partial charge in [-0.15, -0.1) is 0 Å². The maximum atomic E-state index is 11.8. The summed E-state index contributed by atoms with van der Waals surface area (Å²) in [6.07, 6.45) is 3.84. The van der Waals surface area contributed by atoms with Crippen LogP contribution in [0.4, 0.5) is 17.5 Å². The molecule has 0 saturated carbocycles. The van der Waals surface area contributed by atoms with Crippen molar-refractivity contribution >= 4 is 23.4 Å². The molecule has 0 bridgehead atoms. The molecule has 0 fully saturated rings. The molecule has 116 valence electrons. The summed E-state index contributed by atoms with van der Waals surface area (Å²) >= 11 is 0. The first kappa shape index (κ1) is 15.8. The Kier molecular flexibility index (Phi) is 5.71. The summed E-state index contributed by atoms with van der Waals surface area (Å²) < 4.78 is 4.78. The summed E-state index contributed by atoms with van der Waals surface area (Å²) in [6, 6.07) is 8.89. The number of carbonyl (C=O) groups excluding carboxylic acids is 1. The minimum Gasteiger partial charge on any atom is -0.465 e. The van der Waals surface area contributed by atoms with Crippen molar-refractivity contribution in [3.05, 3.63) is 42.1 Å². The van der Waals surface area contributed by atoms with E-state index in [1.165, 1.54) is 7.11 Å². The predicted octanol–water partition coefficient (Wildman–Crippen LogP) is 3.22. The Morgan fingerprint density at radius 3 is 2.86 bits per heavy atom. The van der Waals surface area contributed by atoms with Gasteiger partial charge < -0.3 is 15.4 Å². The number of unbranched alkanes of at least 4 members (excludes halogenated alkanes) is 1. The molecule has 0 saturated heterocycles. The number of para-hydroxylation sites is 1. The van der Waals surface area contributed by atoms with Crippen molar-refractivity contribution in [2.24, 2.45) is 0 Å². The van der Waals surface area contributed by atoms with Crippen LogP contribution in [0.5, 0.6) is 0 Å². The van der Waals surface area contributed by atoms with Gasteiger partial charge in [0.2, 0.25) is 5.95 Å². The van der Waals surface area contributed by atoms with Crippen molar-refractivity contribution in [3.63, 3.8) is 0 Å². The zero-order valence-electron chi connectivity index (χ0n) is 12.8. The van der Waals surface area contributed by atoms with Crippen LogP contribution in [0, 0.1) is 0 Å². The van der Waals surface area contributed by atoms with E-state index >= 15 is 0 Å². The number of benzene rings is 1. The quantitative estimate of drug-likeness (QED) is 0.604. The standard InChI is InChI=1S/C16H20N4O2/c1-3-4-10-17-16-18-11-9-14(20-16)19-13-8-6-5-7-12(13)15(21)22-2/h5-9,11H,3-4,10H2,1-2H3,(H2,17,18,19,20). The first-order valence-corrected chi connectivity index (χ1v) is 7.26. The normalized spacial score (nSPS) is 10.1. The molecule has 0 atom stereocenters. The van der Waals surface area contributed by atoms with Crippen LogP contribution in [0.2, 0.25) is 0 Å². The number of hydrogen-bond acceptors (Lipinski definition) is 6. The summed E-state index contributed by atoms with van der Waals surface area (Å²) in [6.45, 7) is 2.96. The maximum absolute atomic E-state index is 11.8. The van der Waals surface area contributed by atoms with Crippen molar-refractivity contribution in [1.29, 1.82) is 0 Å². The highest BCUT2D eigenvalue weighted by Crippen LogP contribution is 2.20. The lowest BCUT2D eigenvalue weighted by molar-refractivity contribution is 0.0602. The molecule has 6 nitrogen and oxygen atoms in total. The Morgan fingerprint density at radius 1 is 1.27 bits per heavy atom. The largest absolute Gasteiger partial charge is 0.465 e. The van der Waals surface area contributed by atoms with Crippen LogP contribution in [-0.4, -0.2) is 29.6 Å². The molecule has 0 spiro atoms. The zero-order chi connectivity index (χ0) is 15.8. The molecule has 2 rings (SSSR count). The van der Waals surface area contributed by atoms with Gasteiger partial charge in [-0.25, -0.2) is 9.78 Å². The van der Waals surface area contributed by atoms with Crippen LogP contribution in [0.1, 0.15) is 30.1 Å². The lowest BCUT2D eigenvalue weighted by Crippen LogP contribution is -2.08. The molecular weight excluding hydrogens is 280 g/mol. The van der Waals surface area contributed by atoms with Gasteiger partial charge in [-0.3, -0.25) is 0 Å². The molecule has 0 unspecified atom stereocenters. The van der Waals surface area contributed by atoms with E-state index in [9.17, 15) is 4.79 Å². The monoisotopic (exact) mass is 300 g/mol. The summed E-state index contributed by atoms with van der Waals surface area (Å²) in [5.74, 6) is 0.790. The SMILES string of the molecule is CCCCNc1nccc(Nc2ccccc2C(=O)OC)n1. The van der Waals surface area contributed by atoms with Crippen LogP contribution in [0.15, 0.2) is 36.5 Å². The third kappa shape index (κ3) is 4.18. The van der Waals surface area contributed by atoms with Crippen molar-refractivity contribution < 1.29 is 9.53 Å². The number of nitrogens with one attached hydrogen (secondary N) is 2. The molecule has 1 aromatic carbocycles. The molecule has 0 aliphatic heterocycles. The zero-order valence-corrected chi connectivity index (χ0v) is 12.8. The van der Waals surface area contributed by atoms with E-state index in [4.69, 9.17) is 4.74 Å². The van der Waals surface area contributed by atoms with Gasteiger partial charge in [-0.05, 0) is 24.6 Å². The number of hydrogen-bond donors (Lipinski definition) is 2. The van der Waals surface area contributed by atoms with Crippen molar-refractivity contribution in [2.75, 3.05) is 24.3 Å². The van der Waals surface area contributed by atoms with Gasteiger partial charge in [0.15, 0.2) is 0 Å². The van der Waals surface area contributed by atoms with Gasteiger partial charge >= 0.3 is 5.97 Å². The molecule has 6 heteroatoms. The minimum absolute atomic E-state index is 0.390. The summed E-state index contributed by atoms with van der Waals surface area (Å²) in [7, 11) is 1.36. The van der Waals surface area contributed by atoms with Gasteiger partial charge in [0.1, 0.15) is 5.82 Å². The Hall–Kier alpha value is -2.63. The van der Waals surface area contributed by atoms with Gasteiger partial charge in [0.05, 0.1) is 18.4 Å². The maximum Gasteiger partial charge on any atom is 0.339 e. The second kappa shape index (κ2) is 7.97. The molecule has 0 aliphatic rings. The molecule has 0 radical (unpaired) electrons. The number of anilines is 3. The van der Waals surface area contributed by atoms with Gasteiger partial charge in [0, 0.05) is 12.7 Å². The fourth-order valence-electron chi connectivity index (χ4n) is 1.91. The number of aromatic nitrogens is 2. The molecule has 2 aromatic rings. The molecular formula is C16H20N4O2. The number of carbonyl (C=O) groups is 1. The Morgan fingerprint density at radius 2 is 2.09 bits per heavy atom. The highest BCUT2D eigenvalue weighted by molar-refractivity contribution is 5.96. The summed E-state index contributed by atoms with van der Waals surface area (Å²) in [4.78, 5) is 20.3. The Balaban J connectivity index is 2.14. The first-order valence-electron chi connectivity index (χ1n) is 7.26. The van der Waals surface area contributed by atoms with E-state index in [2.05, 4.69) is 27.5 Å². The van der Waals surface area contributed by atoms with E-state index in [-0.39, 0.29) is 0 Å². The highest BCUT2D eigenvalue weighted by Gasteiger charge is 2.11. The van der Waals surface area contributed by atoms with Crippen LogP contribution < -0.4 is 10.6 Å². The second-order valence-corrected chi connectivity index (χ2v) is 4.71. The van der Waals surface area contributed by atoms with Crippen molar-refractivity contribution in [1.82, 2.24) is 9.97 Å². The van der Waals surface area contributed by atoms with E-state index in [0.717, 1.165) is 19.4 Å². The second-order valence-electron chi connectivity index (χ2n) is 4.71. The van der Waals surface area contributed by atoms with E-state index in [1.807, 2.05) is 6.07 Å². The minimum atomic E-state index is -0.390. The van der Waals surface area contributed by atoms with Crippen LogP contribution in [0.3, 0.4) is 0 Å². The molecule has 2 N–H and O–H groups in total. The number of methoxy groups -OCH3 is 1. The number of esters is 1. The van der Waals surface area contributed by atoms with E-state index in [0.29, 0.717) is 23.0 Å². The van der Waals surface area contributed by atoms with Gasteiger partial charge in [-0.2, -0.15) is 4.98 Å². The molecule has 1 heterocycles. The van der Waals surface area contributed by atoms with E-state index < -0.39 is 5.97 Å². The summed E-state index contributed by atoms with van der Waals surface area (Å²) in [5.41, 5.74) is 1.11. The lowest BCUT2D eigenvalue weighted by Gasteiger charge is -2.11. The first-order chi connectivity index (χ1) is 10.7. The van der Waals surface area contributed by atoms with E-state index in [1.54, 1.807) is 30.5 Å². The van der Waals surface area contributed by atoms with Crippen molar-refractivity contribution in [3.8, 4) is 0 Å². The molecule has 0 amide bonds. The number of nitrogens with zero attached hydrogens (tertiary/aromatic N) is 2. The molecule has 1 aromatic heterocycles. The van der Waals surface area contributed by atoms with Crippen LogP contribution >= 0.6 is 0 Å². The third-order valence-corrected chi connectivity index (χ3v) is 3.06. The van der Waals surface area contributed by atoms with Gasteiger partial charge in [-0.1, -0.05) is 25.5 Å². The summed E-state index contributed by atoms with van der Waals surface area (Å²) in [5, 5.41) is 6.29. The van der Waals surface area contributed by atoms with Crippen LogP contribution in [0.25, 0.3) is 0 Å². The number of rotatable bonds is 7. The molecule has 22 heavy (non-hydrogen) atoms. The fraction of sp³-hybridized carbons (Fsp3) is 0.312. The predicted molar refractivity (Wildman–Crippen MR) is 86.5 cm³/mol. The average molecular weight is 300 g/mol. The fourth-order valence-corrected chi connectivity index (χ4v) is 1.91. The third-order valence-electron chi connectivity index (χ3n) is 3.06. The molecule has 0 aliphatic carbocycles. The van der Waals surface area contributed by atoms with Crippen LogP contribution in [-0.2, 0) is 4.74 Å². The smallest absolute Gasteiger partial charge is 0.339 e. The Bertz CT molecular complexity index is 631. The van der Waals surface area contributed by atoms with Crippen molar-refractivity contribution in [2.45, 2.75) is 19.8 Å².